The van der Waals surface area contributed by atoms with Gasteiger partial charge in [0.25, 0.3) is 0 Å². The van der Waals surface area contributed by atoms with Gasteiger partial charge in [-0.05, 0) is 47.7 Å². The third-order valence-corrected chi connectivity index (χ3v) is 4.82. The molecular formula is C23H21NO2. The summed E-state index contributed by atoms with van der Waals surface area (Å²) >= 11 is 0. The van der Waals surface area contributed by atoms with Crippen molar-refractivity contribution in [2.24, 2.45) is 5.92 Å². The van der Waals surface area contributed by atoms with Crippen LogP contribution in [0.2, 0.25) is 0 Å². The van der Waals surface area contributed by atoms with Gasteiger partial charge in [0, 0.05) is 18.2 Å². The molecule has 0 bridgehead atoms. The highest BCUT2D eigenvalue weighted by Crippen LogP contribution is 2.38. The number of fused-ring (bicyclic) bond motifs is 1. The molecule has 0 fully saturated rings. The second kappa shape index (κ2) is 7.12. The number of ketones is 1. The molecule has 1 unspecified atom stereocenters. The SMILES string of the molecule is CC1CC(=O)c2c(OCc3ccccc3)ccc(-c3ccccn3)c2C1. The van der Waals surface area contributed by atoms with Crippen LogP contribution in [0.5, 0.6) is 5.75 Å². The van der Waals surface area contributed by atoms with E-state index in [4.69, 9.17) is 4.74 Å². The summed E-state index contributed by atoms with van der Waals surface area (Å²) in [6.07, 6.45) is 3.23. The minimum absolute atomic E-state index is 0.166. The van der Waals surface area contributed by atoms with Gasteiger partial charge in [-0.15, -0.1) is 0 Å². The van der Waals surface area contributed by atoms with E-state index in [0.717, 1.165) is 34.4 Å². The first-order valence-corrected chi connectivity index (χ1v) is 8.99. The zero-order valence-electron chi connectivity index (χ0n) is 14.8. The number of Topliss-reactive ketones (excluding diaryl/α,β-unsaturated/α-hetero) is 1. The summed E-state index contributed by atoms with van der Waals surface area (Å²) in [5.41, 5.74) is 4.83. The number of carbonyl (C=O) groups excluding carboxylic acids is 1. The van der Waals surface area contributed by atoms with Crippen molar-refractivity contribution in [3.05, 3.63) is 83.6 Å². The van der Waals surface area contributed by atoms with Gasteiger partial charge in [-0.2, -0.15) is 0 Å². The minimum atomic E-state index is 0.166. The number of hydrogen-bond acceptors (Lipinski definition) is 3. The van der Waals surface area contributed by atoms with Crippen molar-refractivity contribution in [3.8, 4) is 17.0 Å². The number of nitrogens with zero attached hydrogens (tertiary/aromatic N) is 1. The molecule has 1 heterocycles. The van der Waals surface area contributed by atoms with E-state index in [1.54, 1.807) is 6.20 Å². The van der Waals surface area contributed by atoms with Gasteiger partial charge in [0.15, 0.2) is 5.78 Å². The fraction of sp³-hybridized carbons (Fsp3) is 0.217. The Labute approximate surface area is 153 Å². The summed E-state index contributed by atoms with van der Waals surface area (Å²) in [4.78, 5) is 17.3. The normalized spacial score (nSPS) is 16.2. The molecule has 3 nitrogen and oxygen atoms in total. The Morgan fingerprint density at radius 1 is 1.00 bits per heavy atom. The molecule has 0 N–H and O–H groups in total. The first-order chi connectivity index (χ1) is 12.7. The molecule has 2 aromatic carbocycles. The maximum atomic E-state index is 12.8. The van der Waals surface area contributed by atoms with Crippen molar-refractivity contribution in [3.63, 3.8) is 0 Å². The Bertz CT molecular complexity index is 920. The van der Waals surface area contributed by atoms with Crippen LogP contribution in [0.3, 0.4) is 0 Å². The predicted molar refractivity (Wildman–Crippen MR) is 102 cm³/mol. The van der Waals surface area contributed by atoms with Crippen molar-refractivity contribution in [2.75, 3.05) is 0 Å². The van der Waals surface area contributed by atoms with Crippen molar-refractivity contribution in [1.82, 2.24) is 4.98 Å². The van der Waals surface area contributed by atoms with E-state index in [-0.39, 0.29) is 5.78 Å². The smallest absolute Gasteiger partial charge is 0.167 e. The Balaban J connectivity index is 1.74. The Kier molecular flexibility index (Phi) is 4.53. The Morgan fingerprint density at radius 2 is 1.81 bits per heavy atom. The molecule has 26 heavy (non-hydrogen) atoms. The predicted octanol–water partition coefficient (Wildman–Crippen LogP) is 5.09. The van der Waals surface area contributed by atoms with Gasteiger partial charge in [-0.25, -0.2) is 0 Å². The lowest BCUT2D eigenvalue weighted by Crippen LogP contribution is -2.20. The zero-order valence-corrected chi connectivity index (χ0v) is 14.8. The third kappa shape index (κ3) is 3.25. The lowest BCUT2D eigenvalue weighted by atomic mass is 9.80. The van der Waals surface area contributed by atoms with Crippen LogP contribution in [-0.2, 0) is 13.0 Å². The van der Waals surface area contributed by atoms with E-state index in [0.29, 0.717) is 24.7 Å². The number of ether oxygens (including phenoxy) is 1. The number of rotatable bonds is 4. The summed E-state index contributed by atoms with van der Waals surface area (Å²) in [7, 11) is 0. The monoisotopic (exact) mass is 343 g/mol. The summed E-state index contributed by atoms with van der Waals surface area (Å²) in [5.74, 6) is 1.18. The molecule has 4 rings (SSSR count). The van der Waals surface area contributed by atoms with Gasteiger partial charge in [-0.3, -0.25) is 9.78 Å². The number of aromatic nitrogens is 1. The second-order valence-electron chi connectivity index (χ2n) is 6.89. The van der Waals surface area contributed by atoms with Gasteiger partial charge in [-0.1, -0.05) is 43.3 Å². The molecule has 1 aliphatic carbocycles. The highest BCUT2D eigenvalue weighted by molar-refractivity contribution is 6.03. The van der Waals surface area contributed by atoms with Crippen LogP contribution in [0.4, 0.5) is 0 Å². The molecule has 1 atom stereocenters. The third-order valence-electron chi connectivity index (χ3n) is 4.82. The molecule has 0 radical (unpaired) electrons. The van der Waals surface area contributed by atoms with Crippen molar-refractivity contribution in [2.45, 2.75) is 26.4 Å². The maximum Gasteiger partial charge on any atom is 0.167 e. The number of benzene rings is 2. The van der Waals surface area contributed by atoms with E-state index < -0.39 is 0 Å². The van der Waals surface area contributed by atoms with Gasteiger partial charge in [0.1, 0.15) is 12.4 Å². The number of carbonyl (C=O) groups is 1. The summed E-state index contributed by atoms with van der Waals surface area (Å²) in [6, 6.07) is 19.8. The van der Waals surface area contributed by atoms with Crippen molar-refractivity contribution < 1.29 is 9.53 Å². The molecule has 1 aliphatic rings. The second-order valence-corrected chi connectivity index (χ2v) is 6.89. The summed E-state index contributed by atoms with van der Waals surface area (Å²) < 4.78 is 6.05. The molecule has 3 aromatic rings. The van der Waals surface area contributed by atoms with Gasteiger partial charge in [0.05, 0.1) is 11.3 Å². The highest BCUT2D eigenvalue weighted by atomic mass is 16.5. The summed E-state index contributed by atoms with van der Waals surface area (Å²) in [6.45, 7) is 2.58. The summed E-state index contributed by atoms with van der Waals surface area (Å²) in [5, 5.41) is 0. The van der Waals surface area contributed by atoms with E-state index in [9.17, 15) is 4.79 Å². The molecule has 0 amide bonds. The lowest BCUT2D eigenvalue weighted by molar-refractivity contribution is 0.0948. The molecule has 0 aliphatic heterocycles. The van der Waals surface area contributed by atoms with Crippen molar-refractivity contribution >= 4 is 5.78 Å². The van der Waals surface area contributed by atoms with Gasteiger partial charge < -0.3 is 4.74 Å². The van der Waals surface area contributed by atoms with Gasteiger partial charge in [0.2, 0.25) is 0 Å². The number of hydrogen-bond donors (Lipinski definition) is 0. The molecule has 0 spiro atoms. The average Bonchev–Trinajstić information content (AvgIpc) is 2.67. The van der Waals surface area contributed by atoms with Crippen LogP contribution in [-0.4, -0.2) is 10.8 Å². The Hall–Kier alpha value is -2.94. The largest absolute Gasteiger partial charge is 0.488 e. The number of pyridine rings is 1. The van der Waals surface area contributed by atoms with Crippen LogP contribution in [0.15, 0.2) is 66.9 Å². The molecule has 3 heteroatoms. The highest BCUT2D eigenvalue weighted by Gasteiger charge is 2.28. The molecule has 130 valence electrons. The fourth-order valence-electron chi connectivity index (χ4n) is 3.60. The lowest BCUT2D eigenvalue weighted by Gasteiger charge is -2.25. The van der Waals surface area contributed by atoms with Crippen LogP contribution in [0, 0.1) is 5.92 Å². The fourth-order valence-corrected chi connectivity index (χ4v) is 3.60. The van der Waals surface area contributed by atoms with Crippen LogP contribution < -0.4 is 4.74 Å². The first kappa shape index (κ1) is 16.5. The minimum Gasteiger partial charge on any atom is -0.488 e. The van der Waals surface area contributed by atoms with Crippen molar-refractivity contribution in [1.29, 1.82) is 0 Å². The van der Waals surface area contributed by atoms with E-state index >= 15 is 0 Å². The van der Waals surface area contributed by atoms with Crippen LogP contribution >= 0.6 is 0 Å². The maximum absolute atomic E-state index is 12.8. The average molecular weight is 343 g/mol. The standard InChI is InChI=1S/C23H21NO2/c1-16-13-19-18(20-9-5-6-12-24-20)10-11-22(23(19)21(25)14-16)26-15-17-7-3-2-4-8-17/h2-12,16H,13-15H2,1H3. The molecule has 0 saturated carbocycles. The topological polar surface area (TPSA) is 39.2 Å². The Morgan fingerprint density at radius 3 is 2.58 bits per heavy atom. The van der Waals surface area contributed by atoms with E-state index in [1.165, 1.54) is 0 Å². The molecule has 0 saturated heterocycles. The quantitative estimate of drug-likeness (QED) is 0.662. The van der Waals surface area contributed by atoms with Gasteiger partial charge >= 0.3 is 0 Å². The van der Waals surface area contributed by atoms with Crippen LogP contribution in [0.1, 0.15) is 34.8 Å². The first-order valence-electron chi connectivity index (χ1n) is 8.99. The molecular weight excluding hydrogens is 322 g/mol. The van der Waals surface area contributed by atoms with E-state index in [2.05, 4.69) is 11.9 Å². The molecule has 1 aromatic heterocycles. The van der Waals surface area contributed by atoms with E-state index in [1.807, 2.05) is 60.7 Å². The van der Waals surface area contributed by atoms with Crippen LogP contribution in [0.25, 0.3) is 11.3 Å². The zero-order chi connectivity index (χ0) is 17.9.